The van der Waals surface area contributed by atoms with Crippen LogP contribution in [0.5, 0.6) is 0 Å². The van der Waals surface area contributed by atoms with Gasteiger partial charge < -0.3 is 20.3 Å². The van der Waals surface area contributed by atoms with Crippen molar-refractivity contribution >= 4 is 34.5 Å². The third kappa shape index (κ3) is 2.80. The molecule has 0 spiro atoms. The summed E-state index contributed by atoms with van der Waals surface area (Å²) in [6.45, 7) is 0.932. The number of hydrogen-bond acceptors (Lipinski definition) is 2. The summed E-state index contributed by atoms with van der Waals surface area (Å²) in [5.74, 6) is -0.128. The smallest absolute Gasteiger partial charge is 0.404 e. The van der Waals surface area contributed by atoms with Crippen LogP contribution < -0.4 is 5.32 Å². The molecule has 0 bridgehead atoms. The lowest BCUT2D eigenvalue weighted by atomic mass is 10.2. The van der Waals surface area contributed by atoms with E-state index < -0.39 is 6.09 Å². The first kappa shape index (κ1) is 13.8. The van der Waals surface area contributed by atoms with Crippen molar-refractivity contribution in [2.24, 2.45) is 0 Å². The first-order chi connectivity index (χ1) is 10.0. The summed E-state index contributed by atoms with van der Waals surface area (Å²) in [6, 6.07) is 6.94. The van der Waals surface area contributed by atoms with E-state index in [2.05, 4.69) is 10.3 Å². The number of hydrogen-bond donors (Lipinski definition) is 3. The third-order valence-corrected chi connectivity index (χ3v) is 3.85. The maximum atomic E-state index is 12.4. The molecule has 0 radical (unpaired) electrons. The van der Waals surface area contributed by atoms with E-state index >= 15 is 0 Å². The van der Waals surface area contributed by atoms with Gasteiger partial charge in [0.15, 0.2) is 0 Å². The van der Waals surface area contributed by atoms with Gasteiger partial charge in [0.25, 0.3) is 5.91 Å². The SMILES string of the molecule is O=C(O)NC1CCN(C(=O)c2cc3cc(Cl)ccc3[nH]2)C1. The Labute approximate surface area is 125 Å². The average Bonchev–Trinajstić information content (AvgIpc) is 3.03. The Kier molecular flexibility index (Phi) is 3.47. The van der Waals surface area contributed by atoms with Crippen molar-refractivity contribution in [2.75, 3.05) is 13.1 Å². The zero-order valence-corrected chi connectivity index (χ0v) is 11.9. The molecule has 1 aliphatic heterocycles. The van der Waals surface area contributed by atoms with Crippen LogP contribution in [-0.2, 0) is 0 Å². The van der Waals surface area contributed by atoms with Crippen LogP contribution in [0.2, 0.25) is 5.02 Å². The number of carboxylic acid groups (broad SMARTS) is 1. The van der Waals surface area contributed by atoms with E-state index in [0.29, 0.717) is 30.2 Å². The van der Waals surface area contributed by atoms with Gasteiger partial charge in [-0.25, -0.2) is 4.79 Å². The summed E-state index contributed by atoms with van der Waals surface area (Å²) in [7, 11) is 0. The molecule has 1 fully saturated rings. The van der Waals surface area contributed by atoms with Gasteiger partial charge in [0.05, 0.1) is 6.04 Å². The molecule has 1 aromatic carbocycles. The molecule has 2 heterocycles. The van der Waals surface area contributed by atoms with Crippen LogP contribution in [0.3, 0.4) is 0 Å². The van der Waals surface area contributed by atoms with Crippen LogP contribution in [0.25, 0.3) is 10.9 Å². The van der Waals surface area contributed by atoms with Gasteiger partial charge >= 0.3 is 6.09 Å². The van der Waals surface area contributed by atoms with Crippen molar-refractivity contribution in [1.29, 1.82) is 0 Å². The molecule has 2 aromatic rings. The minimum Gasteiger partial charge on any atom is -0.465 e. The fraction of sp³-hybridized carbons (Fsp3) is 0.286. The molecule has 0 aliphatic carbocycles. The van der Waals surface area contributed by atoms with Gasteiger partial charge in [-0.05, 0) is 30.7 Å². The van der Waals surface area contributed by atoms with Crippen molar-refractivity contribution in [1.82, 2.24) is 15.2 Å². The van der Waals surface area contributed by atoms with Crippen LogP contribution in [0, 0.1) is 0 Å². The fourth-order valence-electron chi connectivity index (χ4n) is 2.63. The molecule has 2 amide bonds. The monoisotopic (exact) mass is 307 g/mol. The number of aromatic amines is 1. The number of nitrogens with one attached hydrogen (secondary N) is 2. The van der Waals surface area contributed by atoms with Crippen LogP contribution in [0.1, 0.15) is 16.9 Å². The van der Waals surface area contributed by atoms with E-state index in [9.17, 15) is 9.59 Å². The predicted molar refractivity (Wildman–Crippen MR) is 78.8 cm³/mol. The molecule has 21 heavy (non-hydrogen) atoms. The number of amides is 2. The van der Waals surface area contributed by atoms with Crippen molar-refractivity contribution in [3.63, 3.8) is 0 Å². The number of carbonyl (C=O) groups excluding carboxylic acids is 1. The highest BCUT2D eigenvalue weighted by molar-refractivity contribution is 6.31. The minimum atomic E-state index is -1.06. The van der Waals surface area contributed by atoms with Gasteiger partial charge in [-0.2, -0.15) is 0 Å². The van der Waals surface area contributed by atoms with Crippen LogP contribution in [0.4, 0.5) is 4.79 Å². The zero-order chi connectivity index (χ0) is 15.0. The summed E-state index contributed by atoms with van der Waals surface area (Å²) in [5.41, 5.74) is 1.34. The average molecular weight is 308 g/mol. The van der Waals surface area contributed by atoms with Crippen molar-refractivity contribution in [2.45, 2.75) is 12.5 Å². The van der Waals surface area contributed by atoms with Gasteiger partial charge in [0.1, 0.15) is 5.69 Å². The van der Waals surface area contributed by atoms with E-state index in [-0.39, 0.29) is 11.9 Å². The molecule has 1 atom stereocenters. The number of halogens is 1. The molecule has 6 nitrogen and oxygen atoms in total. The van der Waals surface area contributed by atoms with Crippen molar-refractivity contribution < 1.29 is 14.7 Å². The number of benzene rings is 1. The molecule has 1 aliphatic rings. The molecule has 110 valence electrons. The largest absolute Gasteiger partial charge is 0.465 e. The van der Waals surface area contributed by atoms with Crippen LogP contribution in [0.15, 0.2) is 24.3 Å². The highest BCUT2D eigenvalue weighted by Crippen LogP contribution is 2.22. The maximum absolute atomic E-state index is 12.4. The zero-order valence-electron chi connectivity index (χ0n) is 11.1. The Morgan fingerprint density at radius 1 is 1.38 bits per heavy atom. The quantitative estimate of drug-likeness (QED) is 0.796. The van der Waals surface area contributed by atoms with Crippen LogP contribution >= 0.6 is 11.6 Å². The first-order valence-corrected chi connectivity index (χ1v) is 6.98. The van der Waals surface area contributed by atoms with Crippen LogP contribution in [-0.4, -0.2) is 46.1 Å². The van der Waals surface area contributed by atoms with Gasteiger partial charge in [0, 0.05) is 29.0 Å². The molecule has 3 N–H and O–H groups in total. The number of H-pyrrole nitrogens is 1. The lowest BCUT2D eigenvalue weighted by Crippen LogP contribution is -2.37. The summed E-state index contributed by atoms with van der Waals surface area (Å²) >= 11 is 5.93. The van der Waals surface area contributed by atoms with E-state index in [1.807, 2.05) is 6.07 Å². The molecule has 3 rings (SSSR count). The maximum Gasteiger partial charge on any atom is 0.404 e. The molecule has 1 saturated heterocycles. The first-order valence-electron chi connectivity index (χ1n) is 6.60. The Bertz CT molecular complexity index is 713. The number of aromatic nitrogens is 1. The van der Waals surface area contributed by atoms with Gasteiger partial charge in [-0.3, -0.25) is 4.79 Å². The number of rotatable bonds is 2. The lowest BCUT2D eigenvalue weighted by Gasteiger charge is -2.15. The number of likely N-dealkylation sites (tertiary alicyclic amines) is 1. The summed E-state index contributed by atoms with van der Waals surface area (Å²) in [5, 5.41) is 12.6. The van der Waals surface area contributed by atoms with E-state index in [1.165, 1.54) is 0 Å². The number of nitrogens with zero attached hydrogens (tertiary/aromatic N) is 1. The van der Waals surface area contributed by atoms with E-state index in [4.69, 9.17) is 16.7 Å². The van der Waals surface area contributed by atoms with Crippen molar-refractivity contribution in [3.05, 3.63) is 35.0 Å². The summed E-state index contributed by atoms with van der Waals surface area (Å²) < 4.78 is 0. The van der Waals surface area contributed by atoms with Gasteiger partial charge in [-0.1, -0.05) is 11.6 Å². The Morgan fingerprint density at radius 3 is 2.95 bits per heavy atom. The Balaban J connectivity index is 1.76. The molecular weight excluding hydrogens is 294 g/mol. The number of fused-ring (bicyclic) bond motifs is 1. The predicted octanol–water partition coefficient (Wildman–Crippen LogP) is 2.30. The standard InChI is InChI=1S/C14H14ClN3O3/c15-9-1-2-11-8(5-9)6-12(17-11)13(19)18-4-3-10(7-18)16-14(20)21/h1-2,5-6,10,16-17H,3-4,7H2,(H,20,21). The second-order valence-corrected chi connectivity index (χ2v) is 5.54. The third-order valence-electron chi connectivity index (χ3n) is 3.62. The molecule has 0 saturated carbocycles. The second-order valence-electron chi connectivity index (χ2n) is 5.10. The molecular formula is C14H14ClN3O3. The molecule has 1 unspecified atom stereocenters. The van der Waals surface area contributed by atoms with Crippen molar-refractivity contribution in [3.8, 4) is 0 Å². The fourth-order valence-corrected chi connectivity index (χ4v) is 2.81. The van der Waals surface area contributed by atoms with Gasteiger partial charge in [-0.15, -0.1) is 0 Å². The summed E-state index contributed by atoms with van der Waals surface area (Å²) in [4.78, 5) is 27.8. The highest BCUT2D eigenvalue weighted by atomic mass is 35.5. The second kappa shape index (κ2) is 5.29. The highest BCUT2D eigenvalue weighted by Gasteiger charge is 2.28. The lowest BCUT2D eigenvalue weighted by molar-refractivity contribution is 0.0783. The molecule has 1 aromatic heterocycles. The van der Waals surface area contributed by atoms with Gasteiger partial charge in [0.2, 0.25) is 0 Å². The van der Waals surface area contributed by atoms with E-state index in [1.54, 1.807) is 23.1 Å². The minimum absolute atomic E-state index is 0.128. The normalized spacial score (nSPS) is 18.1. The number of carbonyl (C=O) groups is 2. The molecule has 7 heteroatoms. The summed E-state index contributed by atoms with van der Waals surface area (Å²) in [6.07, 6.45) is -0.432. The Hall–Kier alpha value is -2.21. The van der Waals surface area contributed by atoms with E-state index in [0.717, 1.165) is 10.9 Å². The Morgan fingerprint density at radius 2 is 2.19 bits per heavy atom. The topological polar surface area (TPSA) is 85.4 Å².